The number of nitrogen functional groups attached to an aromatic ring is 1. The van der Waals surface area contributed by atoms with Crippen LogP contribution in [0.1, 0.15) is 17.5 Å². The van der Waals surface area contributed by atoms with Gasteiger partial charge in [0.2, 0.25) is 0 Å². The molecule has 1 aromatic carbocycles. The van der Waals surface area contributed by atoms with E-state index in [1.165, 1.54) is 29.5 Å². The normalized spacial score (nSPS) is 16.7. The van der Waals surface area contributed by atoms with Crippen LogP contribution in [0.2, 0.25) is 0 Å². The summed E-state index contributed by atoms with van der Waals surface area (Å²) < 4.78 is 1.18. The predicted molar refractivity (Wildman–Crippen MR) is 63.2 cm³/mol. The molecule has 2 N–H and O–H groups in total. The Morgan fingerprint density at radius 3 is 2.71 bits per heavy atom. The molecule has 2 nitrogen and oxygen atoms in total. The third-order valence-corrected chi connectivity index (χ3v) is 3.52. The minimum absolute atomic E-state index is 0.892. The van der Waals surface area contributed by atoms with Crippen LogP contribution in [0.3, 0.4) is 0 Å². The van der Waals surface area contributed by atoms with Crippen LogP contribution in [0, 0.1) is 6.92 Å². The lowest BCUT2D eigenvalue weighted by Crippen LogP contribution is -2.36. The van der Waals surface area contributed by atoms with E-state index in [4.69, 9.17) is 5.73 Å². The van der Waals surface area contributed by atoms with Crippen LogP contribution in [-0.2, 0) is 6.54 Å². The second-order valence-corrected chi connectivity index (χ2v) is 4.78. The molecule has 76 valence electrons. The first kappa shape index (κ1) is 9.99. The van der Waals surface area contributed by atoms with Gasteiger partial charge < -0.3 is 5.73 Å². The smallest absolute Gasteiger partial charge is 0.0347 e. The molecule has 0 atom stereocenters. The largest absolute Gasteiger partial charge is 0.399 e. The van der Waals surface area contributed by atoms with Crippen molar-refractivity contribution in [3.8, 4) is 0 Å². The highest BCUT2D eigenvalue weighted by atomic mass is 79.9. The molecule has 3 heteroatoms. The van der Waals surface area contributed by atoms with Crippen molar-refractivity contribution in [3.05, 3.63) is 27.7 Å². The molecule has 2 rings (SSSR count). The van der Waals surface area contributed by atoms with Crippen LogP contribution >= 0.6 is 15.9 Å². The Kier molecular flexibility index (Phi) is 2.79. The molecule has 0 unspecified atom stereocenters. The third-order valence-electron chi connectivity index (χ3n) is 2.78. The van der Waals surface area contributed by atoms with Gasteiger partial charge in [-0.15, -0.1) is 0 Å². The first-order chi connectivity index (χ1) is 6.66. The molecule has 1 fully saturated rings. The molecule has 1 heterocycles. The number of hydrogen-bond acceptors (Lipinski definition) is 2. The summed E-state index contributed by atoms with van der Waals surface area (Å²) in [4.78, 5) is 2.43. The molecule has 0 aliphatic carbocycles. The number of rotatable bonds is 2. The monoisotopic (exact) mass is 254 g/mol. The van der Waals surface area contributed by atoms with Gasteiger partial charge >= 0.3 is 0 Å². The zero-order valence-corrected chi connectivity index (χ0v) is 9.97. The summed E-state index contributed by atoms with van der Waals surface area (Å²) in [6.07, 6.45) is 1.33. The summed E-state index contributed by atoms with van der Waals surface area (Å²) in [5, 5.41) is 0. The molecule has 1 aliphatic heterocycles. The standard InChI is InChI=1S/C11H15BrN2/c1-8-5-10(12)9(6-11(8)13)7-14-3-2-4-14/h5-6H,2-4,7,13H2,1H3. The van der Waals surface area contributed by atoms with Gasteiger partial charge in [0.1, 0.15) is 0 Å². The van der Waals surface area contributed by atoms with Crippen molar-refractivity contribution >= 4 is 21.6 Å². The average molecular weight is 255 g/mol. The number of hydrogen-bond donors (Lipinski definition) is 1. The number of likely N-dealkylation sites (tertiary alicyclic amines) is 1. The lowest BCUT2D eigenvalue weighted by Gasteiger charge is -2.31. The number of nitrogens with two attached hydrogens (primary N) is 1. The summed E-state index contributed by atoms with van der Waals surface area (Å²) in [6, 6.07) is 4.18. The summed E-state index contributed by atoms with van der Waals surface area (Å²) in [5.74, 6) is 0. The number of halogens is 1. The van der Waals surface area contributed by atoms with Crippen molar-refractivity contribution in [2.24, 2.45) is 0 Å². The first-order valence-electron chi connectivity index (χ1n) is 4.93. The predicted octanol–water partition coefficient (Wildman–Crippen LogP) is 2.55. The Morgan fingerprint density at radius 2 is 2.14 bits per heavy atom. The third kappa shape index (κ3) is 1.93. The van der Waals surface area contributed by atoms with Crippen molar-refractivity contribution < 1.29 is 0 Å². The molecule has 0 bridgehead atoms. The minimum Gasteiger partial charge on any atom is -0.399 e. The number of anilines is 1. The van der Waals surface area contributed by atoms with Crippen LogP contribution in [0.4, 0.5) is 5.69 Å². The lowest BCUT2D eigenvalue weighted by atomic mass is 10.1. The molecule has 0 aromatic heterocycles. The van der Waals surface area contributed by atoms with E-state index in [9.17, 15) is 0 Å². The first-order valence-corrected chi connectivity index (χ1v) is 5.73. The van der Waals surface area contributed by atoms with Gasteiger partial charge in [-0.3, -0.25) is 4.90 Å². The molecule has 0 radical (unpaired) electrons. The Morgan fingerprint density at radius 1 is 1.43 bits per heavy atom. The quantitative estimate of drug-likeness (QED) is 0.823. The van der Waals surface area contributed by atoms with Crippen LogP contribution in [0.15, 0.2) is 16.6 Å². The van der Waals surface area contributed by atoms with Crippen LogP contribution < -0.4 is 5.73 Å². The topological polar surface area (TPSA) is 29.3 Å². The van der Waals surface area contributed by atoms with Gasteiger partial charge in [-0.05, 0) is 49.7 Å². The van der Waals surface area contributed by atoms with E-state index < -0.39 is 0 Å². The van der Waals surface area contributed by atoms with Crippen LogP contribution in [0.25, 0.3) is 0 Å². The molecule has 14 heavy (non-hydrogen) atoms. The van der Waals surface area contributed by atoms with E-state index >= 15 is 0 Å². The second kappa shape index (κ2) is 3.91. The summed E-state index contributed by atoms with van der Waals surface area (Å²) >= 11 is 3.58. The Hall–Kier alpha value is -0.540. The lowest BCUT2D eigenvalue weighted by molar-refractivity contribution is 0.172. The van der Waals surface area contributed by atoms with E-state index in [0.717, 1.165) is 17.8 Å². The zero-order chi connectivity index (χ0) is 10.1. The van der Waals surface area contributed by atoms with Crippen molar-refractivity contribution in [1.29, 1.82) is 0 Å². The van der Waals surface area contributed by atoms with Gasteiger partial charge in [-0.2, -0.15) is 0 Å². The SMILES string of the molecule is Cc1cc(Br)c(CN2CCC2)cc1N. The minimum atomic E-state index is 0.892. The van der Waals surface area contributed by atoms with E-state index in [1.807, 2.05) is 6.92 Å². The van der Waals surface area contributed by atoms with Crippen LogP contribution in [-0.4, -0.2) is 18.0 Å². The molecule has 0 spiro atoms. The van der Waals surface area contributed by atoms with Gasteiger partial charge in [0.05, 0.1) is 0 Å². The van der Waals surface area contributed by atoms with Gasteiger partial charge in [-0.25, -0.2) is 0 Å². The second-order valence-electron chi connectivity index (χ2n) is 3.93. The molecule has 1 aliphatic rings. The van der Waals surface area contributed by atoms with Gasteiger partial charge in [0.25, 0.3) is 0 Å². The molecule has 1 aromatic rings. The number of aryl methyl sites for hydroxylation is 1. The van der Waals surface area contributed by atoms with Gasteiger partial charge in [0.15, 0.2) is 0 Å². The maximum atomic E-state index is 5.89. The number of nitrogens with zero attached hydrogens (tertiary/aromatic N) is 1. The van der Waals surface area contributed by atoms with Crippen molar-refractivity contribution in [2.75, 3.05) is 18.8 Å². The van der Waals surface area contributed by atoms with Gasteiger partial charge in [0, 0.05) is 16.7 Å². The molecule has 0 saturated carbocycles. The van der Waals surface area contributed by atoms with E-state index in [0.29, 0.717) is 0 Å². The average Bonchev–Trinajstić information content (AvgIpc) is 2.06. The molecular weight excluding hydrogens is 240 g/mol. The Bertz CT molecular complexity index is 345. The van der Waals surface area contributed by atoms with Crippen molar-refractivity contribution in [2.45, 2.75) is 19.9 Å². The van der Waals surface area contributed by atoms with E-state index in [1.54, 1.807) is 0 Å². The Balaban J connectivity index is 2.19. The molecular formula is C11H15BrN2. The fourth-order valence-corrected chi connectivity index (χ4v) is 2.22. The van der Waals surface area contributed by atoms with Crippen molar-refractivity contribution in [3.63, 3.8) is 0 Å². The fraction of sp³-hybridized carbons (Fsp3) is 0.455. The highest BCUT2D eigenvalue weighted by Gasteiger charge is 2.15. The van der Waals surface area contributed by atoms with E-state index in [-0.39, 0.29) is 0 Å². The van der Waals surface area contributed by atoms with Crippen molar-refractivity contribution in [1.82, 2.24) is 4.90 Å². The fourth-order valence-electron chi connectivity index (χ4n) is 1.64. The summed E-state index contributed by atoms with van der Waals surface area (Å²) in [7, 11) is 0. The maximum Gasteiger partial charge on any atom is 0.0347 e. The Labute approximate surface area is 93.2 Å². The molecule has 0 amide bonds. The van der Waals surface area contributed by atoms with Crippen LogP contribution in [0.5, 0.6) is 0 Å². The highest BCUT2D eigenvalue weighted by molar-refractivity contribution is 9.10. The maximum absolute atomic E-state index is 5.89. The number of benzene rings is 1. The molecule has 1 saturated heterocycles. The highest BCUT2D eigenvalue weighted by Crippen LogP contribution is 2.25. The summed E-state index contributed by atoms with van der Waals surface area (Å²) in [6.45, 7) is 5.50. The zero-order valence-electron chi connectivity index (χ0n) is 8.39. The van der Waals surface area contributed by atoms with E-state index in [2.05, 4.69) is 33.0 Å². The van der Waals surface area contributed by atoms with Gasteiger partial charge in [-0.1, -0.05) is 15.9 Å². The summed E-state index contributed by atoms with van der Waals surface area (Å²) in [5.41, 5.74) is 9.22.